The molecule has 0 bridgehead atoms. The van der Waals surface area contributed by atoms with Crippen molar-refractivity contribution in [2.24, 2.45) is 35.0 Å². The van der Waals surface area contributed by atoms with E-state index in [1.807, 2.05) is 0 Å². The summed E-state index contributed by atoms with van der Waals surface area (Å²) in [5.74, 6) is 5.14. The summed E-state index contributed by atoms with van der Waals surface area (Å²) in [5, 5.41) is 9.62. The third-order valence-corrected chi connectivity index (χ3v) is 9.16. The monoisotopic (exact) mass is 385 g/mol. The molecular formula is C27H47N. The molecule has 3 fully saturated rings. The first-order chi connectivity index (χ1) is 13.7. The first kappa shape index (κ1) is 22.2. The molecule has 0 radical (unpaired) electrons. The zero-order valence-electron chi connectivity index (χ0n) is 19.1. The summed E-state index contributed by atoms with van der Waals surface area (Å²) in [4.78, 5) is 0. The van der Waals surface area contributed by atoms with E-state index in [9.17, 15) is 5.26 Å². The topological polar surface area (TPSA) is 23.8 Å². The molecule has 3 rings (SSSR count). The highest BCUT2D eigenvalue weighted by atomic mass is 14.4. The number of rotatable bonds is 8. The largest absolute Gasteiger partial charge is 0.198 e. The maximum atomic E-state index is 9.62. The quantitative estimate of drug-likeness (QED) is 0.410. The number of nitriles is 1. The van der Waals surface area contributed by atoms with E-state index in [2.05, 4.69) is 19.9 Å². The molecule has 0 amide bonds. The Morgan fingerprint density at radius 2 is 1.11 bits per heavy atom. The minimum absolute atomic E-state index is 0.0411. The maximum absolute atomic E-state index is 9.62. The van der Waals surface area contributed by atoms with Crippen LogP contribution in [0.15, 0.2) is 0 Å². The summed E-state index contributed by atoms with van der Waals surface area (Å²) in [6, 6.07) is 2.69. The van der Waals surface area contributed by atoms with Crippen LogP contribution in [0, 0.1) is 46.3 Å². The Morgan fingerprint density at radius 3 is 1.54 bits per heavy atom. The van der Waals surface area contributed by atoms with Gasteiger partial charge < -0.3 is 0 Å². The second-order valence-electron chi connectivity index (χ2n) is 11.0. The second-order valence-corrected chi connectivity index (χ2v) is 11.0. The summed E-state index contributed by atoms with van der Waals surface area (Å²) in [5.41, 5.74) is 0.0411. The second kappa shape index (κ2) is 11.0. The van der Waals surface area contributed by atoms with Crippen LogP contribution in [0.4, 0.5) is 0 Å². The molecule has 0 atom stereocenters. The third-order valence-electron chi connectivity index (χ3n) is 9.16. The molecule has 3 aliphatic carbocycles. The molecule has 3 saturated carbocycles. The van der Waals surface area contributed by atoms with Crippen LogP contribution in [0.25, 0.3) is 0 Å². The number of hydrogen-bond donors (Lipinski definition) is 0. The zero-order chi connectivity index (χ0) is 19.8. The fraction of sp³-hybridized carbons (Fsp3) is 0.963. The van der Waals surface area contributed by atoms with Crippen molar-refractivity contribution in [2.75, 3.05) is 0 Å². The van der Waals surface area contributed by atoms with E-state index in [4.69, 9.17) is 0 Å². The first-order valence-electron chi connectivity index (χ1n) is 13.1. The Balaban J connectivity index is 1.31. The van der Waals surface area contributed by atoms with E-state index in [0.717, 1.165) is 36.0 Å². The Morgan fingerprint density at radius 1 is 0.643 bits per heavy atom. The lowest BCUT2D eigenvalue weighted by molar-refractivity contribution is 0.133. The van der Waals surface area contributed by atoms with E-state index in [-0.39, 0.29) is 5.41 Å². The van der Waals surface area contributed by atoms with Gasteiger partial charge in [0.15, 0.2) is 0 Å². The number of nitrogens with zero attached hydrogens (tertiary/aromatic N) is 1. The van der Waals surface area contributed by atoms with Crippen molar-refractivity contribution in [3.63, 3.8) is 0 Å². The molecule has 0 unspecified atom stereocenters. The summed E-state index contributed by atoms with van der Waals surface area (Å²) in [6.07, 6.45) is 25.3. The van der Waals surface area contributed by atoms with E-state index in [1.165, 1.54) is 96.3 Å². The molecule has 0 aliphatic heterocycles. The van der Waals surface area contributed by atoms with Gasteiger partial charge in [-0.05, 0) is 87.4 Å². The molecule has 0 heterocycles. The molecule has 0 N–H and O–H groups in total. The SMILES string of the molecule is CCC[C@H]1CC[C@H](C2CCC(CC[C@H]3CC[C@@](C#N)(CCC)CC3)CC2)CC1. The van der Waals surface area contributed by atoms with Crippen molar-refractivity contribution < 1.29 is 0 Å². The van der Waals surface area contributed by atoms with Crippen LogP contribution in [0.5, 0.6) is 0 Å². The fourth-order valence-electron chi connectivity index (χ4n) is 7.19. The van der Waals surface area contributed by atoms with Crippen molar-refractivity contribution in [3.05, 3.63) is 0 Å². The molecular weight excluding hydrogens is 338 g/mol. The highest BCUT2D eigenvalue weighted by Crippen LogP contribution is 2.46. The van der Waals surface area contributed by atoms with Gasteiger partial charge in [0.05, 0.1) is 11.5 Å². The van der Waals surface area contributed by atoms with E-state index in [0.29, 0.717) is 0 Å². The molecule has 0 aromatic rings. The van der Waals surface area contributed by atoms with Crippen LogP contribution < -0.4 is 0 Å². The summed E-state index contributed by atoms with van der Waals surface area (Å²) >= 11 is 0. The van der Waals surface area contributed by atoms with E-state index in [1.54, 1.807) is 12.8 Å². The van der Waals surface area contributed by atoms with Gasteiger partial charge in [-0.15, -0.1) is 0 Å². The fourth-order valence-corrected chi connectivity index (χ4v) is 7.19. The van der Waals surface area contributed by atoms with Gasteiger partial charge in [0, 0.05) is 0 Å². The predicted octanol–water partition coefficient (Wildman–Crippen LogP) is 8.68. The molecule has 0 saturated heterocycles. The highest BCUT2D eigenvalue weighted by molar-refractivity contribution is 5.01. The predicted molar refractivity (Wildman–Crippen MR) is 120 cm³/mol. The van der Waals surface area contributed by atoms with Gasteiger partial charge in [-0.25, -0.2) is 0 Å². The molecule has 3 aliphatic rings. The summed E-state index contributed by atoms with van der Waals surface area (Å²) < 4.78 is 0. The number of hydrogen-bond acceptors (Lipinski definition) is 1. The lowest BCUT2D eigenvalue weighted by Gasteiger charge is -2.39. The van der Waals surface area contributed by atoms with Crippen LogP contribution in [0.2, 0.25) is 0 Å². The van der Waals surface area contributed by atoms with Crippen molar-refractivity contribution in [1.82, 2.24) is 0 Å². The molecule has 0 spiro atoms. The average Bonchev–Trinajstić information content (AvgIpc) is 2.75. The Hall–Kier alpha value is -0.510. The molecule has 1 heteroatoms. The minimum atomic E-state index is 0.0411. The normalized spacial score (nSPS) is 39.4. The van der Waals surface area contributed by atoms with Crippen molar-refractivity contribution >= 4 is 0 Å². The molecule has 1 nitrogen and oxygen atoms in total. The van der Waals surface area contributed by atoms with Gasteiger partial charge in [0.2, 0.25) is 0 Å². The molecule has 28 heavy (non-hydrogen) atoms. The smallest absolute Gasteiger partial charge is 0.0689 e. The minimum Gasteiger partial charge on any atom is -0.198 e. The van der Waals surface area contributed by atoms with Crippen LogP contribution in [-0.4, -0.2) is 0 Å². The van der Waals surface area contributed by atoms with Crippen molar-refractivity contribution in [3.8, 4) is 6.07 Å². The van der Waals surface area contributed by atoms with Gasteiger partial charge in [-0.2, -0.15) is 5.26 Å². The Kier molecular flexibility index (Phi) is 8.74. The van der Waals surface area contributed by atoms with Gasteiger partial charge in [-0.3, -0.25) is 0 Å². The summed E-state index contributed by atoms with van der Waals surface area (Å²) in [7, 11) is 0. The van der Waals surface area contributed by atoms with Crippen molar-refractivity contribution in [2.45, 2.75) is 129 Å². The molecule has 0 aromatic heterocycles. The zero-order valence-corrected chi connectivity index (χ0v) is 19.1. The highest BCUT2D eigenvalue weighted by Gasteiger charge is 2.35. The van der Waals surface area contributed by atoms with Crippen LogP contribution in [0.1, 0.15) is 129 Å². The molecule has 160 valence electrons. The van der Waals surface area contributed by atoms with Gasteiger partial charge in [0.1, 0.15) is 0 Å². The van der Waals surface area contributed by atoms with E-state index >= 15 is 0 Å². The van der Waals surface area contributed by atoms with Gasteiger partial charge in [0.25, 0.3) is 0 Å². The first-order valence-corrected chi connectivity index (χ1v) is 13.1. The van der Waals surface area contributed by atoms with Crippen LogP contribution in [-0.2, 0) is 0 Å². The summed E-state index contributed by atoms with van der Waals surface area (Å²) in [6.45, 7) is 4.59. The van der Waals surface area contributed by atoms with Gasteiger partial charge in [-0.1, -0.05) is 71.6 Å². The van der Waals surface area contributed by atoms with Crippen molar-refractivity contribution in [1.29, 1.82) is 5.26 Å². The lowest BCUT2D eigenvalue weighted by atomic mass is 9.66. The lowest BCUT2D eigenvalue weighted by Crippen LogP contribution is -2.27. The maximum Gasteiger partial charge on any atom is 0.0689 e. The third kappa shape index (κ3) is 6.00. The Bertz CT molecular complexity index is 465. The van der Waals surface area contributed by atoms with E-state index < -0.39 is 0 Å². The van der Waals surface area contributed by atoms with Crippen LogP contribution in [0.3, 0.4) is 0 Å². The molecule has 0 aromatic carbocycles. The average molecular weight is 386 g/mol. The Labute approximate surface area is 176 Å². The van der Waals surface area contributed by atoms with Gasteiger partial charge >= 0.3 is 0 Å². The standard InChI is InChI=1S/C27H47N/c1-3-5-22-8-12-25(13-9-22)26-14-10-23(11-15-26)6-7-24-16-19-27(21-28,18-4-2)20-17-24/h22-26H,3-20H2,1-2H3/t22-,23?,24-,25-,26?,27-. The van der Waals surface area contributed by atoms with Crippen LogP contribution >= 0.6 is 0 Å².